The van der Waals surface area contributed by atoms with E-state index in [4.69, 9.17) is 5.11 Å². The summed E-state index contributed by atoms with van der Waals surface area (Å²) in [5, 5.41) is 28.4. The van der Waals surface area contributed by atoms with Gasteiger partial charge in [-0.25, -0.2) is 4.79 Å². The zero-order chi connectivity index (χ0) is 26.0. The van der Waals surface area contributed by atoms with Crippen LogP contribution >= 0.6 is 0 Å². The van der Waals surface area contributed by atoms with Crippen LogP contribution in [0.25, 0.3) is 11.1 Å². The highest BCUT2D eigenvalue weighted by Crippen LogP contribution is 2.37. The number of aromatic hydroxyl groups is 1. The summed E-state index contributed by atoms with van der Waals surface area (Å²) in [4.78, 5) is 23.6. The molecule has 9 nitrogen and oxygen atoms in total. The third-order valence-electron chi connectivity index (χ3n) is 5.08. The fourth-order valence-electron chi connectivity index (χ4n) is 3.43. The number of carbonyl (C=O) groups is 2. The lowest BCUT2D eigenvalue weighted by Gasteiger charge is -2.14. The van der Waals surface area contributed by atoms with Crippen LogP contribution in [0.3, 0.4) is 0 Å². The second kappa shape index (κ2) is 9.41. The number of rotatable bonds is 5. The highest BCUT2D eigenvalue weighted by molar-refractivity contribution is 6.71. The fourth-order valence-corrected chi connectivity index (χ4v) is 3.43. The first kappa shape index (κ1) is 24.3. The smallest absolute Gasteiger partial charge is 0.505 e. The van der Waals surface area contributed by atoms with Crippen molar-refractivity contribution in [1.82, 2.24) is 0 Å². The van der Waals surface area contributed by atoms with Crippen molar-refractivity contribution in [3.63, 3.8) is 0 Å². The number of phenolic OH excluding ortho intramolecular Hbond substituents is 1. The highest BCUT2D eigenvalue weighted by Gasteiger charge is 2.34. The van der Waals surface area contributed by atoms with Crippen molar-refractivity contribution >= 4 is 34.9 Å². The molecular weight excluding hydrogens is 481 g/mol. The summed E-state index contributed by atoms with van der Waals surface area (Å²) in [7, 11) is 0. The molecule has 0 unspecified atom stereocenters. The zero-order valence-electron chi connectivity index (χ0n) is 18.4. The molecule has 0 bridgehead atoms. The Bertz CT molecular complexity index is 1420. The number of ether oxygens (including phenoxy) is 1. The van der Waals surface area contributed by atoms with Gasteiger partial charge in [0.15, 0.2) is 5.71 Å². The van der Waals surface area contributed by atoms with E-state index in [1.165, 1.54) is 37.3 Å². The van der Waals surface area contributed by atoms with E-state index in [-0.39, 0.29) is 34.3 Å². The van der Waals surface area contributed by atoms with E-state index in [1.807, 2.05) is 0 Å². The molecule has 0 saturated heterocycles. The van der Waals surface area contributed by atoms with Gasteiger partial charge in [0.1, 0.15) is 11.5 Å². The number of anilines is 2. The van der Waals surface area contributed by atoms with Crippen molar-refractivity contribution in [2.45, 2.75) is 13.1 Å². The summed E-state index contributed by atoms with van der Waals surface area (Å²) in [5.74, 6) is -0.950. The Kier molecular flexibility index (Phi) is 6.34. The molecule has 184 valence electrons. The molecule has 1 aliphatic rings. The van der Waals surface area contributed by atoms with E-state index < -0.39 is 23.8 Å². The molecule has 0 aliphatic carbocycles. The molecule has 36 heavy (non-hydrogen) atoms. The van der Waals surface area contributed by atoms with Crippen LogP contribution in [0.1, 0.15) is 12.5 Å². The van der Waals surface area contributed by atoms with E-state index >= 15 is 0 Å². The molecular formula is C24H17F3N4O5. The number of amides is 1. The monoisotopic (exact) mass is 498 g/mol. The van der Waals surface area contributed by atoms with Gasteiger partial charge in [-0.3, -0.25) is 10.2 Å². The average molecular weight is 498 g/mol. The molecule has 3 aromatic rings. The number of halogens is 3. The van der Waals surface area contributed by atoms with Gasteiger partial charge in [-0.2, -0.15) is 28.4 Å². The summed E-state index contributed by atoms with van der Waals surface area (Å²) < 4.78 is 43.8. The normalized spacial score (nSPS) is 14.7. The van der Waals surface area contributed by atoms with Crippen LogP contribution in [0.2, 0.25) is 0 Å². The van der Waals surface area contributed by atoms with Gasteiger partial charge in [0.25, 0.3) is 0 Å². The number of phenols is 1. The number of hydrazone groups is 2. The molecule has 0 radical (unpaired) electrons. The Morgan fingerprint density at radius 2 is 1.81 bits per heavy atom. The van der Waals surface area contributed by atoms with Crippen molar-refractivity contribution in [3.8, 4) is 22.6 Å². The second-order valence-corrected chi connectivity index (χ2v) is 7.52. The molecule has 0 aromatic heterocycles. The molecule has 1 heterocycles. The summed E-state index contributed by atoms with van der Waals surface area (Å²) >= 11 is 0. The summed E-state index contributed by atoms with van der Waals surface area (Å²) in [6.45, 7) is 1.47. The molecule has 12 heteroatoms. The lowest BCUT2D eigenvalue weighted by atomic mass is 10.0. The number of carboxylic acid groups (broad SMARTS) is 1. The van der Waals surface area contributed by atoms with Gasteiger partial charge in [-0.1, -0.05) is 30.3 Å². The van der Waals surface area contributed by atoms with Crippen LogP contribution in [0.4, 0.5) is 29.3 Å². The van der Waals surface area contributed by atoms with Crippen LogP contribution in [0, 0.1) is 0 Å². The van der Waals surface area contributed by atoms with E-state index in [0.717, 1.165) is 17.1 Å². The summed E-state index contributed by atoms with van der Waals surface area (Å²) in [6, 6.07) is 14.9. The van der Waals surface area contributed by atoms with Crippen molar-refractivity contribution in [2.24, 2.45) is 10.2 Å². The number of hydrogen-bond acceptors (Lipinski definition) is 7. The Morgan fingerprint density at radius 1 is 1.08 bits per heavy atom. The van der Waals surface area contributed by atoms with E-state index in [1.54, 1.807) is 24.3 Å². The maximum atomic E-state index is 13.1. The van der Waals surface area contributed by atoms with Crippen LogP contribution in [-0.4, -0.2) is 33.7 Å². The van der Waals surface area contributed by atoms with Gasteiger partial charge in [0.2, 0.25) is 0 Å². The SMILES string of the molecule is CC1=NN(c2cccc(C(F)(F)F)c2)C(=O)C1=NNc1cccc(-c2cccc(OC(=O)O)c2)c1O. The third-order valence-corrected chi connectivity index (χ3v) is 5.08. The summed E-state index contributed by atoms with van der Waals surface area (Å²) in [6.07, 6.45) is -6.07. The Morgan fingerprint density at radius 3 is 2.53 bits per heavy atom. The minimum absolute atomic E-state index is 0.0519. The molecule has 1 amide bonds. The number of nitrogens with zero attached hydrogens (tertiary/aromatic N) is 3. The molecule has 1 aliphatic heterocycles. The molecule has 3 N–H and O–H groups in total. The number of hydrogen-bond donors (Lipinski definition) is 3. The first-order valence-corrected chi connectivity index (χ1v) is 10.3. The number of alkyl halides is 3. The summed E-state index contributed by atoms with van der Waals surface area (Å²) in [5.41, 5.74) is 2.46. The number of benzene rings is 3. The van der Waals surface area contributed by atoms with Gasteiger partial charge in [0.05, 0.1) is 22.6 Å². The van der Waals surface area contributed by atoms with Crippen molar-refractivity contribution < 1.29 is 37.7 Å². The van der Waals surface area contributed by atoms with Gasteiger partial charge in [0, 0.05) is 5.56 Å². The van der Waals surface area contributed by atoms with Crippen LogP contribution in [0.15, 0.2) is 76.9 Å². The van der Waals surface area contributed by atoms with Crippen LogP contribution < -0.4 is 15.2 Å². The molecule has 4 rings (SSSR count). The largest absolute Gasteiger partial charge is 0.511 e. The van der Waals surface area contributed by atoms with E-state index in [2.05, 4.69) is 20.4 Å². The zero-order valence-corrected chi connectivity index (χ0v) is 18.4. The van der Waals surface area contributed by atoms with Crippen LogP contribution in [0.5, 0.6) is 11.5 Å². The molecule has 0 atom stereocenters. The Balaban J connectivity index is 1.58. The second-order valence-electron chi connectivity index (χ2n) is 7.52. The first-order chi connectivity index (χ1) is 17.0. The van der Waals surface area contributed by atoms with Crippen LogP contribution in [-0.2, 0) is 11.0 Å². The number of nitrogens with one attached hydrogen (secondary N) is 1. The highest BCUT2D eigenvalue weighted by atomic mass is 19.4. The van der Waals surface area contributed by atoms with E-state index in [0.29, 0.717) is 11.1 Å². The minimum Gasteiger partial charge on any atom is -0.505 e. The van der Waals surface area contributed by atoms with Crippen molar-refractivity contribution in [3.05, 3.63) is 72.3 Å². The van der Waals surface area contributed by atoms with Gasteiger partial charge < -0.3 is 14.9 Å². The predicted molar refractivity (Wildman–Crippen MR) is 125 cm³/mol. The van der Waals surface area contributed by atoms with Gasteiger partial charge in [-0.05, 0) is 48.9 Å². The minimum atomic E-state index is -4.59. The number of para-hydroxylation sites is 1. The van der Waals surface area contributed by atoms with Crippen molar-refractivity contribution in [1.29, 1.82) is 0 Å². The lowest BCUT2D eigenvalue weighted by Crippen LogP contribution is -2.28. The molecule has 0 saturated carbocycles. The Hall–Kier alpha value is -4.87. The van der Waals surface area contributed by atoms with E-state index in [9.17, 15) is 27.9 Å². The van der Waals surface area contributed by atoms with Gasteiger partial charge in [-0.15, -0.1) is 0 Å². The van der Waals surface area contributed by atoms with Gasteiger partial charge >= 0.3 is 18.2 Å². The topological polar surface area (TPSA) is 124 Å². The Labute approximate surface area is 201 Å². The quantitative estimate of drug-likeness (QED) is 0.189. The standard InChI is InChI=1S/C24H17F3N4O5/c1-13-20(22(33)31(30-13)16-7-3-6-15(12-16)24(25,26)27)29-28-19-10-4-9-18(21(19)32)14-5-2-8-17(11-14)36-23(34)35/h2-12,28,32H,1H3,(H,34,35). The predicted octanol–water partition coefficient (Wildman–Crippen LogP) is 5.33. The lowest BCUT2D eigenvalue weighted by molar-refractivity contribution is -0.137. The molecule has 0 spiro atoms. The maximum Gasteiger partial charge on any atom is 0.511 e. The molecule has 3 aromatic carbocycles. The molecule has 0 fully saturated rings. The van der Waals surface area contributed by atoms with Crippen molar-refractivity contribution in [2.75, 3.05) is 10.4 Å². The first-order valence-electron chi connectivity index (χ1n) is 10.3. The fraction of sp³-hybridized carbons (Fsp3) is 0.0833. The third kappa shape index (κ3) is 4.97. The maximum absolute atomic E-state index is 13.1. The average Bonchev–Trinajstić information content (AvgIpc) is 3.11. The number of carbonyl (C=O) groups excluding carboxylic acids is 1.